The van der Waals surface area contributed by atoms with Gasteiger partial charge in [-0.05, 0) is 74.3 Å². The van der Waals surface area contributed by atoms with Gasteiger partial charge in [-0.3, -0.25) is 14.4 Å². The van der Waals surface area contributed by atoms with E-state index in [1.807, 2.05) is 31.2 Å². The number of nitrogens with one attached hydrogen (secondary N) is 1. The van der Waals surface area contributed by atoms with Gasteiger partial charge in [0.1, 0.15) is 0 Å². The first-order valence-electron chi connectivity index (χ1n) is 11.8. The van der Waals surface area contributed by atoms with Gasteiger partial charge in [-0.1, -0.05) is 25.1 Å². The normalized spacial score (nSPS) is 33.6. The molecule has 166 valence electrons. The highest BCUT2D eigenvalue weighted by atomic mass is 16.5. The number of rotatable bonds is 6. The topological polar surface area (TPSA) is 75.7 Å². The van der Waals surface area contributed by atoms with Crippen molar-refractivity contribution < 1.29 is 19.1 Å². The van der Waals surface area contributed by atoms with E-state index in [0.717, 1.165) is 54.7 Å². The van der Waals surface area contributed by atoms with Crippen molar-refractivity contribution in [1.82, 2.24) is 5.32 Å². The molecule has 5 fully saturated rings. The van der Waals surface area contributed by atoms with Crippen LogP contribution in [-0.4, -0.2) is 36.5 Å². The van der Waals surface area contributed by atoms with E-state index in [9.17, 15) is 14.4 Å². The van der Waals surface area contributed by atoms with Crippen LogP contribution in [0.15, 0.2) is 24.3 Å². The second-order valence-electron chi connectivity index (χ2n) is 10.2. The third-order valence-corrected chi connectivity index (χ3v) is 7.91. The molecule has 31 heavy (non-hydrogen) atoms. The summed E-state index contributed by atoms with van der Waals surface area (Å²) in [6.45, 7) is 2.11. The standard InChI is InChI=1S/C25H32N2O4/c1-2-19-5-3-4-6-21(19)27-14-20(10-23(27)29)24(30)31-15-22(28)26-25-11-16-7-17(12-25)9-18(8-16)13-25/h3-6,16-18,20H,2,7-15H2,1H3,(H,26,28)/t16?,17?,18?,20-,25?/m0/s1. The van der Waals surface area contributed by atoms with Gasteiger partial charge in [0.25, 0.3) is 5.91 Å². The molecule has 1 aromatic rings. The first-order valence-corrected chi connectivity index (χ1v) is 11.8. The molecule has 0 spiro atoms. The lowest BCUT2D eigenvalue weighted by atomic mass is 9.53. The molecule has 1 aliphatic heterocycles. The van der Waals surface area contributed by atoms with Crippen LogP contribution in [0.4, 0.5) is 5.69 Å². The maximum absolute atomic E-state index is 12.6. The molecule has 4 bridgehead atoms. The number of anilines is 1. The number of amides is 2. The molecular weight excluding hydrogens is 392 g/mol. The van der Waals surface area contributed by atoms with Crippen LogP contribution in [0.25, 0.3) is 0 Å². The predicted molar refractivity (Wildman–Crippen MR) is 116 cm³/mol. The molecular formula is C25H32N2O4. The summed E-state index contributed by atoms with van der Waals surface area (Å²) < 4.78 is 5.36. The highest BCUT2D eigenvalue weighted by Crippen LogP contribution is 2.55. The summed E-state index contributed by atoms with van der Waals surface area (Å²) in [5.74, 6) is 0.991. The Morgan fingerprint density at radius 2 is 1.74 bits per heavy atom. The van der Waals surface area contributed by atoms with Crippen LogP contribution in [0, 0.1) is 23.7 Å². The third-order valence-electron chi connectivity index (χ3n) is 7.91. The van der Waals surface area contributed by atoms with Crippen molar-refractivity contribution in [3.63, 3.8) is 0 Å². The number of para-hydroxylation sites is 1. The molecule has 5 aliphatic rings. The smallest absolute Gasteiger partial charge is 0.311 e. The number of ether oxygens (including phenoxy) is 1. The van der Waals surface area contributed by atoms with Crippen LogP contribution in [0.2, 0.25) is 0 Å². The molecule has 1 atom stereocenters. The zero-order valence-corrected chi connectivity index (χ0v) is 18.3. The van der Waals surface area contributed by atoms with Gasteiger partial charge in [0.05, 0.1) is 5.92 Å². The molecule has 1 saturated heterocycles. The van der Waals surface area contributed by atoms with Crippen LogP contribution in [0.3, 0.4) is 0 Å². The number of aryl methyl sites for hydroxylation is 1. The summed E-state index contributed by atoms with van der Waals surface area (Å²) in [6, 6.07) is 7.78. The summed E-state index contributed by atoms with van der Waals surface area (Å²) in [7, 11) is 0. The Morgan fingerprint density at radius 1 is 1.10 bits per heavy atom. The molecule has 0 radical (unpaired) electrons. The summed E-state index contributed by atoms with van der Waals surface area (Å²) in [6.07, 6.45) is 8.12. The second-order valence-corrected chi connectivity index (χ2v) is 10.2. The number of carbonyl (C=O) groups is 3. The largest absolute Gasteiger partial charge is 0.455 e. The molecule has 1 aromatic carbocycles. The fourth-order valence-electron chi connectivity index (χ4n) is 7.02. The van der Waals surface area contributed by atoms with Crippen molar-refractivity contribution in [2.45, 2.75) is 63.8 Å². The Bertz CT molecular complexity index is 860. The van der Waals surface area contributed by atoms with Gasteiger partial charge in [-0.25, -0.2) is 0 Å². The van der Waals surface area contributed by atoms with Crippen LogP contribution in [0.5, 0.6) is 0 Å². The fraction of sp³-hybridized carbons (Fsp3) is 0.640. The van der Waals surface area contributed by atoms with Gasteiger partial charge in [-0.2, -0.15) is 0 Å². The summed E-state index contributed by atoms with van der Waals surface area (Å²) >= 11 is 0. The van der Waals surface area contributed by atoms with E-state index in [-0.39, 0.29) is 30.4 Å². The number of hydrogen-bond donors (Lipinski definition) is 1. The molecule has 6 nitrogen and oxygen atoms in total. The number of nitrogens with zero attached hydrogens (tertiary/aromatic N) is 1. The Hall–Kier alpha value is -2.37. The number of hydrogen-bond acceptors (Lipinski definition) is 4. The lowest BCUT2D eigenvalue weighted by Crippen LogP contribution is -2.60. The lowest BCUT2D eigenvalue weighted by molar-refractivity contribution is -0.153. The number of carbonyl (C=O) groups excluding carboxylic acids is 3. The zero-order valence-electron chi connectivity index (χ0n) is 18.3. The Morgan fingerprint density at radius 3 is 2.39 bits per heavy atom. The van der Waals surface area contributed by atoms with Crippen molar-refractivity contribution >= 4 is 23.5 Å². The van der Waals surface area contributed by atoms with Gasteiger partial charge in [0.15, 0.2) is 6.61 Å². The number of benzene rings is 1. The van der Waals surface area contributed by atoms with Crippen LogP contribution in [-0.2, 0) is 25.5 Å². The van der Waals surface area contributed by atoms with Crippen molar-refractivity contribution in [2.75, 3.05) is 18.1 Å². The molecule has 0 unspecified atom stereocenters. The molecule has 0 aromatic heterocycles. The van der Waals surface area contributed by atoms with Crippen LogP contribution < -0.4 is 10.2 Å². The number of esters is 1. The first kappa shape index (κ1) is 20.5. The molecule has 1 heterocycles. The van der Waals surface area contributed by atoms with Gasteiger partial charge in [-0.15, -0.1) is 0 Å². The zero-order chi connectivity index (χ0) is 21.6. The van der Waals surface area contributed by atoms with E-state index in [1.54, 1.807) is 4.90 Å². The van der Waals surface area contributed by atoms with Crippen molar-refractivity contribution in [1.29, 1.82) is 0 Å². The van der Waals surface area contributed by atoms with E-state index >= 15 is 0 Å². The van der Waals surface area contributed by atoms with Gasteiger partial charge in [0.2, 0.25) is 5.91 Å². The molecule has 6 rings (SSSR count). The van der Waals surface area contributed by atoms with E-state index in [0.29, 0.717) is 6.54 Å². The maximum Gasteiger partial charge on any atom is 0.311 e. The van der Waals surface area contributed by atoms with Gasteiger partial charge < -0.3 is 15.0 Å². The van der Waals surface area contributed by atoms with E-state index in [2.05, 4.69) is 5.32 Å². The monoisotopic (exact) mass is 424 g/mol. The highest BCUT2D eigenvalue weighted by molar-refractivity contribution is 6.00. The first-order chi connectivity index (χ1) is 14.9. The Balaban J connectivity index is 1.15. The Labute approximate surface area is 183 Å². The predicted octanol–water partition coefficient (Wildman–Crippen LogP) is 3.23. The minimum Gasteiger partial charge on any atom is -0.455 e. The SMILES string of the molecule is CCc1ccccc1N1C[C@@H](C(=O)OCC(=O)NC23CC4CC(CC(C4)C2)C3)CC1=O. The van der Waals surface area contributed by atoms with E-state index in [4.69, 9.17) is 4.74 Å². The molecule has 2 amide bonds. The third kappa shape index (κ3) is 3.97. The lowest BCUT2D eigenvalue weighted by Gasteiger charge is -2.56. The van der Waals surface area contributed by atoms with Gasteiger partial charge in [0, 0.05) is 24.2 Å². The summed E-state index contributed by atoms with van der Waals surface area (Å²) in [5.41, 5.74) is 1.87. The molecule has 4 aliphatic carbocycles. The average Bonchev–Trinajstić information content (AvgIpc) is 3.12. The average molecular weight is 425 g/mol. The van der Waals surface area contributed by atoms with E-state index in [1.165, 1.54) is 19.3 Å². The summed E-state index contributed by atoms with van der Waals surface area (Å²) in [4.78, 5) is 39.5. The summed E-state index contributed by atoms with van der Waals surface area (Å²) in [5, 5.41) is 3.24. The fourth-order valence-corrected chi connectivity index (χ4v) is 7.02. The molecule has 6 heteroatoms. The minimum atomic E-state index is -0.523. The highest BCUT2D eigenvalue weighted by Gasteiger charge is 2.51. The van der Waals surface area contributed by atoms with Crippen molar-refractivity contribution in [2.24, 2.45) is 23.7 Å². The molecule has 4 saturated carbocycles. The van der Waals surface area contributed by atoms with Gasteiger partial charge >= 0.3 is 5.97 Å². The second kappa shape index (κ2) is 7.95. The van der Waals surface area contributed by atoms with Crippen LogP contribution in [0.1, 0.15) is 57.4 Å². The van der Waals surface area contributed by atoms with Crippen LogP contribution >= 0.6 is 0 Å². The quantitative estimate of drug-likeness (QED) is 0.712. The maximum atomic E-state index is 12.6. The minimum absolute atomic E-state index is 0.0686. The van der Waals surface area contributed by atoms with E-state index < -0.39 is 11.9 Å². The molecule has 1 N–H and O–H groups in total. The van der Waals surface area contributed by atoms with Crippen molar-refractivity contribution in [3.05, 3.63) is 29.8 Å². The van der Waals surface area contributed by atoms with Crippen molar-refractivity contribution in [3.8, 4) is 0 Å². The Kier molecular flexibility index (Phi) is 5.27.